The summed E-state index contributed by atoms with van der Waals surface area (Å²) in [6.07, 6.45) is 0. The maximum atomic E-state index is 9.91. The van der Waals surface area contributed by atoms with Crippen LogP contribution in [0.4, 0.5) is 0 Å². The summed E-state index contributed by atoms with van der Waals surface area (Å²) in [6.45, 7) is 4.42. The first-order chi connectivity index (χ1) is 20.7. The Kier molecular flexibility index (Phi) is 7.12. The van der Waals surface area contributed by atoms with Gasteiger partial charge in [-0.1, -0.05) is 86.6 Å². The van der Waals surface area contributed by atoms with Gasteiger partial charge in [-0.2, -0.15) is 0 Å². The highest BCUT2D eigenvalue weighted by Gasteiger charge is 2.26. The minimum absolute atomic E-state index is 0.215. The molecule has 212 valence electrons. The molecule has 0 aromatic heterocycles. The number of rotatable bonds is 6. The highest BCUT2D eigenvalue weighted by atomic mass is 16.3. The van der Waals surface area contributed by atoms with Gasteiger partial charge in [-0.3, -0.25) is 0 Å². The number of aromatic hydroxyl groups is 4. The first kappa shape index (κ1) is 27.7. The molecule has 4 heteroatoms. The van der Waals surface area contributed by atoms with Crippen molar-refractivity contribution < 1.29 is 20.4 Å². The van der Waals surface area contributed by atoms with E-state index in [-0.39, 0.29) is 23.0 Å². The third-order valence-corrected chi connectivity index (χ3v) is 8.11. The van der Waals surface area contributed by atoms with E-state index in [1.54, 1.807) is 48.5 Å². The van der Waals surface area contributed by atoms with Gasteiger partial charge in [-0.25, -0.2) is 0 Å². The van der Waals surface area contributed by atoms with E-state index in [1.807, 2.05) is 48.5 Å². The molecule has 0 spiro atoms. The Morgan fingerprint density at radius 3 is 0.721 bits per heavy atom. The molecular formula is C39H32O4. The molecule has 0 saturated carbocycles. The molecule has 0 atom stereocenters. The molecule has 6 aromatic carbocycles. The molecule has 0 heterocycles. The molecule has 0 aliphatic carbocycles. The van der Waals surface area contributed by atoms with Crippen molar-refractivity contribution in [2.45, 2.75) is 19.3 Å². The first-order valence-electron chi connectivity index (χ1n) is 14.1. The molecule has 0 saturated heterocycles. The van der Waals surface area contributed by atoms with E-state index in [4.69, 9.17) is 0 Å². The zero-order valence-corrected chi connectivity index (χ0v) is 24.0. The summed E-state index contributed by atoms with van der Waals surface area (Å²) in [5, 5.41) is 39.7. The minimum atomic E-state index is -0.447. The van der Waals surface area contributed by atoms with E-state index in [1.165, 1.54) is 0 Å². The zero-order valence-electron chi connectivity index (χ0n) is 24.0. The molecule has 0 amide bonds. The largest absolute Gasteiger partial charge is 0.508 e. The van der Waals surface area contributed by atoms with Gasteiger partial charge in [-0.15, -0.1) is 0 Å². The fourth-order valence-corrected chi connectivity index (χ4v) is 5.43. The average molecular weight is 565 g/mol. The predicted octanol–water partition coefficient (Wildman–Crippen LogP) is 9.50. The van der Waals surface area contributed by atoms with Gasteiger partial charge in [0.1, 0.15) is 23.0 Å². The summed E-state index contributed by atoms with van der Waals surface area (Å²) in [7, 11) is 0. The fraction of sp³-hybridized carbons (Fsp3) is 0.0769. The van der Waals surface area contributed by atoms with Gasteiger partial charge in [0.15, 0.2) is 0 Å². The van der Waals surface area contributed by atoms with Gasteiger partial charge < -0.3 is 20.4 Å². The molecule has 4 nitrogen and oxygen atoms in total. The van der Waals surface area contributed by atoms with Crippen molar-refractivity contribution in [2.75, 3.05) is 0 Å². The Balaban J connectivity index is 1.55. The van der Waals surface area contributed by atoms with E-state index in [2.05, 4.69) is 50.2 Å². The molecular weight excluding hydrogens is 532 g/mol. The monoisotopic (exact) mass is 564 g/mol. The van der Waals surface area contributed by atoms with Crippen molar-refractivity contribution in [3.8, 4) is 67.5 Å². The molecule has 0 fully saturated rings. The van der Waals surface area contributed by atoms with Crippen LogP contribution in [0.2, 0.25) is 0 Å². The average Bonchev–Trinajstić information content (AvgIpc) is 3.02. The number of hydrogen-bond donors (Lipinski definition) is 4. The SMILES string of the molecule is CC(C)(c1cc(-c2ccc(O)cc2)cc(-c2ccc(O)cc2)c1)c1cc(-c2ccc(O)cc2)cc(-c2ccc(O)cc2)c1. The fourth-order valence-electron chi connectivity index (χ4n) is 5.43. The highest BCUT2D eigenvalue weighted by Crippen LogP contribution is 2.41. The summed E-state index contributed by atoms with van der Waals surface area (Å²) in [5.41, 5.74) is 9.75. The van der Waals surface area contributed by atoms with E-state index < -0.39 is 5.41 Å². The maximum Gasteiger partial charge on any atom is 0.115 e. The van der Waals surface area contributed by atoms with Crippen LogP contribution in [0.25, 0.3) is 44.5 Å². The van der Waals surface area contributed by atoms with Crippen molar-refractivity contribution in [2.24, 2.45) is 0 Å². The molecule has 0 radical (unpaired) electrons. The molecule has 6 rings (SSSR count). The van der Waals surface area contributed by atoms with Gasteiger partial charge in [0.2, 0.25) is 0 Å². The normalized spacial score (nSPS) is 11.4. The molecule has 6 aromatic rings. The number of phenols is 4. The van der Waals surface area contributed by atoms with Crippen LogP contribution in [-0.2, 0) is 5.41 Å². The Labute approximate surface area is 251 Å². The van der Waals surface area contributed by atoms with Gasteiger partial charge in [0, 0.05) is 5.41 Å². The van der Waals surface area contributed by atoms with Gasteiger partial charge >= 0.3 is 0 Å². The van der Waals surface area contributed by atoms with E-state index in [0.717, 1.165) is 55.6 Å². The lowest BCUT2D eigenvalue weighted by atomic mass is 9.75. The van der Waals surface area contributed by atoms with Crippen molar-refractivity contribution >= 4 is 0 Å². The Bertz CT molecular complexity index is 1620. The molecule has 0 bridgehead atoms. The Hall–Kier alpha value is -5.48. The molecule has 4 N–H and O–H groups in total. The second-order valence-electron chi connectivity index (χ2n) is 11.4. The third-order valence-electron chi connectivity index (χ3n) is 8.11. The number of benzene rings is 6. The van der Waals surface area contributed by atoms with Crippen LogP contribution in [-0.4, -0.2) is 20.4 Å². The second kappa shape index (κ2) is 11.1. The van der Waals surface area contributed by atoms with E-state index >= 15 is 0 Å². The van der Waals surface area contributed by atoms with Crippen molar-refractivity contribution in [1.82, 2.24) is 0 Å². The Morgan fingerprint density at radius 1 is 0.302 bits per heavy atom. The van der Waals surface area contributed by atoms with Crippen molar-refractivity contribution in [3.05, 3.63) is 145 Å². The highest BCUT2D eigenvalue weighted by molar-refractivity contribution is 5.78. The first-order valence-corrected chi connectivity index (χ1v) is 14.1. The van der Waals surface area contributed by atoms with Crippen molar-refractivity contribution in [3.63, 3.8) is 0 Å². The molecule has 0 unspecified atom stereocenters. The van der Waals surface area contributed by atoms with E-state index in [9.17, 15) is 20.4 Å². The van der Waals surface area contributed by atoms with Crippen LogP contribution in [0.15, 0.2) is 133 Å². The third kappa shape index (κ3) is 5.81. The van der Waals surface area contributed by atoms with Gasteiger partial charge in [0.05, 0.1) is 0 Å². The summed E-state index contributed by atoms with van der Waals surface area (Å²) in [5.74, 6) is 0.859. The minimum Gasteiger partial charge on any atom is -0.508 e. The lowest BCUT2D eigenvalue weighted by Gasteiger charge is -2.29. The van der Waals surface area contributed by atoms with Crippen LogP contribution < -0.4 is 0 Å². The number of phenolic OH excluding ortho intramolecular Hbond substituents is 4. The topological polar surface area (TPSA) is 80.9 Å². The summed E-state index contributed by atoms with van der Waals surface area (Å²) in [4.78, 5) is 0. The Morgan fingerprint density at radius 2 is 0.512 bits per heavy atom. The summed E-state index contributed by atoms with van der Waals surface area (Å²) in [6, 6.07) is 41.9. The second-order valence-corrected chi connectivity index (χ2v) is 11.4. The lowest BCUT2D eigenvalue weighted by molar-refractivity contribution is 0.475. The van der Waals surface area contributed by atoms with Crippen LogP contribution in [0.1, 0.15) is 25.0 Å². The quantitative estimate of drug-likeness (QED) is 0.162. The smallest absolute Gasteiger partial charge is 0.115 e. The van der Waals surface area contributed by atoms with Gasteiger partial charge in [-0.05, 0) is 116 Å². The van der Waals surface area contributed by atoms with Crippen LogP contribution in [0, 0.1) is 0 Å². The summed E-state index contributed by atoms with van der Waals surface area (Å²) < 4.78 is 0. The zero-order chi connectivity index (χ0) is 30.1. The standard InChI is InChI=1S/C39H32O4/c1-39(2,33-21-29(25-3-11-35(40)12-4-25)19-30(22-33)26-5-13-36(41)14-6-26)34-23-31(27-7-15-37(42)16-8-27)20-32(24-34)28-9-17-38(43)18-10-28/h3-24,40-43H,1-2H3. The maximum absolute atomic E-state index is 9.91. The van der Waals surface area contributed by atoms with Crippen molar-refractivity contribution in [1.29, 1.82) is 0 Å². The predicted molar refractivity (Wildman–Crippen MR) is 173 cm³/mol. The van der Waals surface area contributed by atoms with Gasteiger partial charge in [0.25, 0.3) is 0 Å². The van der Waals surface area contributed by atoms with E-state index in [0.29, 0.717) is 0 Å². The van der Waals surface area contributed by atoms with Crippen LogP contribution in [0.3, 0.4) is 0 Å². The van der Waals surface area contributed by atoms with Crippen LogP contribution in [0.5, 0.6) is 23.0 Å². The molecule has 0 aliphatic rings. The summed E-state index contributed by atoms with van der Waals surface area (Å²) >= 11 is 0. The molecule has 0 aliphatic heterocycles. The number of hydrogen-bond acceptors (Lipinski definition) is 4. The van der Waals surface area contributed by atoms with Crippen LogP contribution >= 0.6 is 0 Å². The molecule has 43 heavy (non-hydrogen) atoms. The lowest BCUT2D eigenvalue weighted by Crippen LogP contribution is -2.19.